The third-order valence-electron chi connectivity index (χ3n) is 14.6. The zero-order valence-electron chi connectivity index (χ0n) is 54.4. The van der Waals surface area contributed by atoms with E-state index in [-0.39, 0.29) is 32.0 Å². The molecule has 83 heavy (non-hydrogen) atoms. The molecule has 0 spiro atoms. The number of likely N-dealkylation sites (N-methyl/N-ethyl adjacent to an activating group) is 1. The molecule has 0 bridgehead atoms. The van der Waals surface area contributed by atoms with Crippen LogP contribution >= 0.6 is 7.82 Å². The Bertz CT molecular complexity index is 1770. The number of hydrogen-bond acceptors (Lipinski definition) is 7. The van der Waals surface area contributed by atoms with Crippen LogP contribution in [0.25, 0.3) is 0 Å². The number of ether oxygens (including phenoxy) is 2. The highest BCUT2D eigenvalue weighted by atomic mass is 31.2. The first-order valence-electron chi connectivity index (χ1n) is 34.1. The quantitative estimate of drug-likeness (QED) is 0.0211. The Balaban J connectivity index is 4.16. The Hall–Kier alpha value is -3.33. The predicted octanol–water partition coefficient (Wildman–Crippen LogP) is 22.1. The van der Waals surface area contributed by atoms with E-state index in [4.69, 9.17) is 18.5 Å². The average Bonchev–Trinajstić information content (AvgIpc) is 3.49. The van der Waals surface area contributed by atoms with Gasteiger partial charge in [0, 0.05) is 12.8 Å². The van der Waals surface area contributed by atoms with Gasteiger partial charge in [-0.25, -0.2) is 4.57 Å². The van der Waals surface area contributed by atoms with Crippen molar-refractivity contribution >= 4 is 19.8 Å². The van der Waals surface area contributed by atoms with Gasteiger partial charge in [0.1, 0.15) is 19.8 Å². The molecule has 0 aliphatic heterocycles. The van der Waals surface area contributed by atoms with Crippen LogP contribution in [-0.4, -0.2) is 74.9 Å². The molecule has 0 heterocycles. The summed E-state index contributed by atoms with van der Waals surface area (Å²) >= 11 is 0. The van der Waals surface area contributed by atoms with E-state index in [0.717, 1.165) is 96.3 Å². The van der Waals surface area contributed by atoms with E-state index in [0.29, 0.717) is 17.4 Å². The highest BCUT2D eigenvalue weighted by Gasteiger charge is 2.27. The fourth-order valence-corrected chi connectivity index (χ4v) is 10.1. The Labute approximate surface area is 512 Å². The van der Waals surface area contributed by atoms with Crippen molar-refractivity contribution in [2.45, 2.75) is 296 Å². The maximum Gasteiger partial charge on any atom is 0.472 e. The van der Waals surface area contributed by atoms with Crippen LogP contribution in [0.1, 0.15) is 290 Å². The van der Waals surface area contributed by atoms with E-state index in [1.165, 1.54) is 161 Å². The van der Waals surface area contributed by atoms with Crippen LogP contribution in [0.4, 0.5) is 0 Å². The molecule has 0 saturated heterocycles. The molecule has 9 nitrogen and oxygen atoms in total. The van der Waals surface area contributed by atoms with Gasteiger partial charge >= 0.3 is 19.8 Å². The van der Waals surface area contributed by atoms with Crippen molar-refractivity contribution in [3.63, 3.8) is 0 Å². The molecule has 0 saturated carbocycles. The minimum Gasteiger partial charge on any atom is -0.462 e. The number of allylic oxidation sites excluding steroid dienone is 18. The number of nitrogens with zero attached hydrogens (tertiary/aromatic N) is 1. The maximum atomic E-state index is 12.9. The van der Waals surface area contributed by atoms with Gasteiger partial charge in [-0.1, -0.05) is 303 Å². The summed E-state index contributed by atoms with van der Waals surface area (Å²) in [5, 5.41) is 0. The third-order valence-corrected chi connectivity index (χ3v) is 15.6. The standard InChI is InChI=1S/C73H128NO8P/c1-6-8-10-12-14-16-18-20-22-24-26-28-30-32-34-36-37-38-40-42-44-46-48-50-52-54-56-58-60-62-64-66-73(76)82-71(70-81-83(77,78)80-68-67-74(3,4)5)69-79-72(75)65-63-61-59-57-55-53-51-49-47-45-43-41-39-35-33-31-29-27-25-23-21-19-17-15-13-11-9-7-2/h8,10,14,16,20,22,26,28,32,34,37-38,42,44,48,50,54,56,71H,6-7,9,11-13,15,17-19,21,23-25,27,29-31,33,35-36,39-41,43,45-47,49,51-53,55,57-70H2,1-5H3/p+1/b10-8-,16-14-,22-20-,28-26-,34-32-,38-37-,44-42-,50-48-,56-54-. The van der Waals surface area contributed by atoms with Gasteiger partial charge in [0.15, 0.2) is 6.10 Å². The Morgan fingerprint density at radius 3 is 1.02 bits per heavy atom. The number of carbonyl (C=O) groups is 2. The second-order valence-corrected chi connectivity index (χ2v) is 25.3. The summed E-state index contributed by atoms with van der Waals surface area (Å²) in [4.78, 5) is 35.8. The van der Waals surface area contributed by atoms with Gasteiger partial charge < -0.3 is 18.9 Å². The van der Waals surface area contributed by atoms with Crippen LogP contribution in [0, 0.1) is 0 Å². The lowest BCUT2D eigenvalue weighted by Crippen LogP contribution is -2.37. The molecule has 0 radical (unpaired) electrons. The van der Waals surface area contributed by atoms with Gasteiger partial charge in [0.05, 0.1) is 27.7 Å². The summed E-state index contributed by atoms with van der Waals surface area (Å²) in [6.45, 7) is 4.31. The number of phosphoric ester groups is 1. The van der Waals surface area contributed by atoms with E-state index < -0.39 is 26.5 Å². The molecule has 0 rings (SSSR count). The number of unbranched alkanes of at least 4 members (excludes halogenated alkanes) is 30. The molecular formula is C73H129NO8P+. The summed E-state index contributed by atoms with van der Waals surface area (Å²) < 4.78 is 34.7. The zero-order valence-corrected chi connectivity index (χ0v) is 55.3. The Morgan fingerprint density at radius 1 is 0.386 bits per heavy atom. The number of carbonyl (C=O) groups excluding carboxylic acids is 2. The normalized spacial score (nSPS) is 13.9. The molecule has 478 valence electrons. The Morgan fingerprint density at radius 2 is 0.687 bits per heavy atom. The highest BCUT2D eigenvalue weighted by molar-refractivity contribution is 7.47. The van der Waals surface area contributed by atoms with Gasteiger partial charge in [0.2, 0.25) is 0 Å². The van der Waals surface area contributed by atoms with Crippen LogP contribution in [0.15, 0.2) is 109 Å². The molecule has 1 N–H and O–H groups in total. The Kier molecular flexibility index (Phi) is 60.6. The fourth-order valence-electron chi connectivity index (χ4n) is 9.36. The first-order chi connectivity index (χ1) is 40.5. The van der Waals surface area contributed by atoms with E-state index in [9.17, 15) is 19.0 Å². The van der Waals surface area contributed by atoms with E-state index >= 15 is 0 Å². The molecule has 0 fully saturated rings. The number of esters is 2. The van der Waals surface area contributed by atoms with Crippen LogP contribution in [0.5, 0.6) is 0 Å². The van der Waals surface area contributed by atoms with E-state index in [1.807, 2.05) is 21.1 Å². The molecule has 0 aliphatic rings. The van der Waals surface area contributed by atoms with Crippen molar-refractivity contribution in [3.05, 3.63) is 109 Å². The van der Waals surface area contributed by atoms with Gasteiger partial charge in [-0.2, -0.15) is 0 Å². The molecule has 0 aliphatic carbocycles. The third kappa shape index (κ3) is 67.7. The second kappa shape index (κ2) is 63.2. The minimum atomic E-state index is -4.41. The summed E-state index contributed by atoms with van der Waals surface area (Å²) in [5.74, 6) is -0.832. The number of rotatable bonds is 62. The van der Waals surface area contributed by atoms with Crippen LogP contribution in [-0.2, 0) is 32.7 Å². The zero-order chi connectivity index (χ0) is 60.5. The SMILES string of the molecule is CC/C=C\C/C=C\C/C=C\C/C=C\C/C=C\C/C=C\C/C=C\C/C=C\C/C=C\CCCCCC(=O)OC(COC(=O)CCCCCCCCCCCCCCCCCCCCCCCCCCCCCC)COP(=O)(O)OCC[N+](C)(C)C. The summed E-state index contributed by atoms with van der Waals surface area (Å²) in [7, 11) is 1.45. The average molecular weight is 1180 g/mol. The van der Waals surface area contributed by atoms with Crippen molar-refractivity contribution in [2.24, 2.45) is 0 Å². The van der Waals surface area contributed by atoms with Gasteiger partial charge in [-0.15, -0.1) is 0 Å². The topological polar surface area (TPSA) is 108 Å². The largest absolute Gasteiger partial charge is 0.472 e. The molecule has 0 aromatic heterocycles. The molecule has 0 aromatic carbocycles. The summed E-state index contributed by atoms with van der Waals surface area (Å²) in [6.07, 6.45) is 89.1. The van der Waals surface area contributed by atoms with Crippen molar-refractivity contribution in [3.8, 4) is 0 Å². The van der Waals surface area contributed by atoms with Crippen LogP contribution in [0.2, 0.25) is 0 Å². The monoisotopic (exact) mass is 1180 g/mol. The smallest absolute Gasteiger partial charge is 0.462 e. The van der Waals surface area contributed by atoms with E-state index in [2.05, 4.69) is 123 Å². The second-order valence-electron chi connectivity index (χ2n) is 23.8. The number of quaternary nitrogens is 1. The molecular weight excluding hydrogens is 1050 g/mol. The maximum absolute atomic E-state index is 12.9. The lowest BCUT2D eigenvalue weighted by atomic mass is 10.0. The highest BCUT2D eigenvalue weighted by Crippen LogP contribution is 2.43. The van der Waals surface area contributed by atoms with Gasteiger partial charge in [-0.05, 0) is 83.5 Å². The summed E-state index contributed by atoms with van der Waals surface area (Å²) in [5.41, 5.74) is 0. The molecule has 2 atom stereocenters. The van der Waals surface area contributed by atoms with Crippen LogP contribution < -0.4 is 0 Å². The van der Waals surface area contributed by atoms with Crippen molar-refractivity contribution in [1.82, 2.24) is 0 Å². The van der Waals surface area contributed by atoms with Crippen LogP contribution in [0.3, 0.4) is 0 Å². The molecule has 0 amide bonds. The lowest BCUT2D eigenvalue weighted by Gasteiger charge is -2.24. The fraction of sp³-hybridized carbons (Fsp3) is 0.726. The van der Waals surface area contributed by atoms with Gasteiger partial charge in [-0.3, -0.25) is 18.6 Å². The van der Waals surface area contributed by atoms with Crippen molar-refractivity contribution in [2.75, 3.05) is 47.5 Å². The molecule has 2 unspecified atom stereocenters. The van der Waals surface area contributed by atoms with Crippen molar-refractivity contribution in [1.29, 1.82) is 0 Å². The lowest BCUT2D eigenvalue weighted by molar-refractivity contribution is -0.870. The van der Waals surface area contributed by atoms with Gasteiger partial charge in [0.25, 0.3) is 0 Å². The first kappa shape index (κ1) is 79.7. The number of hydrogen-bond donors (Lipinski definition) is 1. The number of phosphoric acid groups is 1. The first-order valence-corrected chi connectivity index (χ1v) is 35.6. The molecule has 10 heteroatoms. The molecule has 0 aromatic rings. The van der Waals surface area contributed by atoms with Crippen molar-refractivity contribution < 1.29 is 42.1 Å². The van der Waals surface area contributed by atoms with E-state index in [1.54, 1.807) is 0 Å². The summed E-state index contributed by atoms with van der Waals surface area (Å²) in [6, 6.07) is 0. The minimum absolute atomic E-state index is 0.0205. The predicted molar refractivity (Wildman–Crippen MR) is 358 cm³/mol.